The first-order valence-electron chi connectivity index (χ1n) is 6.41. The molecule has 0 radical (unpaired) electrons. The molecule has 1 aliphatic rings. The van der Waals surface area contributed by atoms with Crippen molar-refractivity contribution in [2.75, 3.05) is 16.8 Å². The van der Waals surface area contributed by atoms with Crippen molar-refractivity contribution in [3.8, 4) is 0 Å². The molecule has 18 heavy (non-hydrogen) atoms. The Kier molecular flexibility index (Phi) is 3.16. The highest BCUT2D eigenvalue weighted by Crippen LogP contribution is 2.23. The van der Waals surface area contributed by atoms with Gasteiger partial charge in [0.2, 0.25) is 0 Å². The van der Waals surface area contributed by atoms with E-state index in [0.717, 1.165) is 16.7 Å². The first-order valence-corrected chi connectivity index (χ1v) is 7.57. The molecule has 0 aliphatic carbocycles. The number of hydrogen-bond donors (Lipinski definition) is 1. The van der Waals surface area contributed by atoms with Crippen LogP contribution in [0.5, 0.6) is 0 Å². The monoisotopic (exact) mass is 262 g/mol. The summed E-state index contributed by atoms with van der Waals surface area (Å²) >= 11 is 2.01. The van der Waals surface area contributed by atoms with Gasteiger partial charge in [0, 0.05) is 23.2 Å². The van der Waals surface area contributed by atoms with Crippen molar-refractivity contribution >= 4 is 28.5 Å². The molecule has 0 amide bonds. The van der Waals surface area contributed by atoms with E-state index in [-0.39, 0.29) is 0 Å². The smallest absolute Gasteiger partial charge is 0.158 e. The van der Waals surface area contributed by atoms with Gasteiger partial charge in [0.25, 0.3) is 0 Å². The van der Waals surface area contributed by atoms with Gasteiger partial charge in [-0.3, -0.25) is 0 Å². The predicted octanol–water partition coefficient (Wildman–Crippen LogP) is 2.93. The molecular formula is C13H18N4S. The van der Waals surface area contributed by atoms with Gasteiger partial charge in [0.15, 0.2) is 5.65 Å². The number of rotatable bonds is 3. The van der Waals surface area contributed by atoms with Crippen molar-refractivity contribution in [2.45, 2.75) is 32.4 Å². The molecule has 1 atom stereocenters. The third kappa shape index (κ3) is 2.19. The average Bonchev–Trinajstić information content (AvgIpc) is 2.97. The van der Waals surface area contributed by atoms with Crippen LogP contribution in [0.1, 0.15) is 26.3 Å². The molecule has 0 saturated carbocycles. The first-order chi connectivity index (χ1) is 8.74. The van der Waals surface area contributed by atoms with Crippen LogP contribution in [0, 0.1) is 0 Å². The van der Waals surface area contributed by atoms with Crippen LogP contribution in [-0.4, -0.2) is 32.3 Å². The number of hydrogen-bond acceptors (Lipinski definition) is 4. The molecular weight excluding hydrogens is 244 g/mol. The summed E-state index contributed by atoms with van der Waals surface area (Å²) in [6.45, 7) is 4.24. The van der Waals surface area contributed by atoms with E-state index in [1.54, 1.807) is 0 Å². The highest BCUT2D eigenvalue weighted by atomic mass is 32.2. The molecule has 1 aliphatic heterocycles. The third-order valence-corrected chi connectivity index (χ3v) is 4.39. The fraction of sp³-hybridized carbons (Fsp3) is 0.538. The van der Waals surface area contributed by atoms with Crippen molar-refractivity contribution in [1.82, 2.24) is 14.8 Å². The zero-order chi connectivity index (χ0) is 12.5. The molecule has 4 nitrogen and oxygen atoms in total. The average molecular weight is 262 g/mol. The molecule has 96 valence electrons. The van der Waals surface area contributed by atoms with Gasteiger partial charge in [0.1, 0.15) is 0 Å². The minimum Gasteiger partial charge on any atom is -0.380 e. The van der Waals surface area contributed by atoms with Gasteiger partial charge in [-0.05, 0) is 32.1 Å². The molecule has 3 rings (SSSR count). The maximum absolute atomic E-state index is 4.54. The Morgan fingerprint density at radius 3 is 3.06 bits per heavy atom. The molecule has 2 aromatic rings. The number of aromatic nitrogens is 3. The quantitative estimate of drug-likeness (QED) is 0.923. The van der Waals surface area contributed by atoms with Crippen LogP contribution in [0.2, 0.25) is 0 Å². The summed E-state index contributed by atoms with van der Waals surface area (Å²) in [6.07, 6.45) is 5.07. The molecule has 0 spiro atoms. The van der Waals surface area contributed by atoms with Crippen LogP contribution >= 0.6 is 11.8 Å². The van der Waals surface area contributed by atoms with E-state index in [1.807, 2.05) is 28.8 Å². The Hall–Kier alpha value is -1.23. The van der Waals surface area contributed by atoms with Gasteiger partial charge in [-0.15, -0.1) is 0 Å². The van der Waals surface area contributed by atoms with Crippen molar-refractivity contribution in [2.24, 2.45) is 0 Å². The maximum Gasteiger partial charge on any atom is 0.158 e. The fourth-order valence-corrected chi connectivity index (χ4v) is 3.43. The maximum atomic E-state index is 4.54. The third-order valence-electron chi connectivity index (χ3n) is 3.22. The van der Waals surface area contributed by atoms with Crippen LogP contribution in [0.3, 0.4) is 0 Å². The summed E-state index contributed by atoms with van der Waals surface area (Å²) in [7, 11) is 0. The Labute approximate surface area is 111 Å². The summed E-state index contributed by atoms with van der Waals surface area (Å²) in [6, 6.07) is 3.09. The topological polar surface area (TPSA) is 42.7 Å². The highest BCUT2D eigenvalue weighted by molar-refractivity contribution is 7.99. The number of nitrogens with zero attached hydrogens (tertiary/aromatic N) is 3. The number of fused-ring (bicyclic) bond motifs is 1. The van der Waals surface area contributed by atoms with Gasteiger partial charge in [-0.2, -0.15) is 16.9 Å². The minimum atomic E-state index is 0.347. The van der Waals surface area contributed by atoms with Gasteiger partial charge < -0.3 is 5.32 Å². The SMILES string of the molecule is CC(C)n1ncc2cc(NC3CCSC3)cnc21. The van der Waals surface area contributed by atoms with Crippen molar-refractivity contribution in [3.05, 3.63) is 18.5 Å². The molecule has 2 aromatic heterocycles. The second kappa shape index (κ2) is 4.80. The summed E-state index contributed by atoms with van der Waals surface area (Å²) in [5, 5.41) is 9.05. The Balaban J connectivity index is 1.87. The van der Waals surface area contributed by atoms with Crippen LogP contribution in [0.4, 0.5) is 5.69 Å². The highest BCUT2D eigenvalue weighted by Gasteiger charge is 2.15. The lowest BCUT2D eigenvalue weighted by atomic mass is 10.2. The molecule has 1 saturated heterocycles. The first kappa shape index (κ1) is 11.8. The second-order valence-electron chi connectivity index (χ2n) is 5.02. The van der Waals surface area contributed by atoms with E-state index < -0.39 is 0 Å². The number of anilines is 1. The Morgan fingerprint density at radius 2 is 2.33 bits per heavy atom. The van der Waals surface area contributed by atoms with E-state index in [1.165, 1.54) is 17.9 Å². The van der Waals surface area contributed by atoms with E-state index in [9.17, 15) is 0 Å². The van der Waals surface area contributed by atoms with Gasteiger partial charge in [0.05, 0.1) is 18.1 Å². The number of nitrogens with one attached hydrogen (secondary N) is 1. The van der Waals surface area contributed by atoms with E-state index in [0.29, 0.717) is 12.1 Å². The molecule has 0 bridgehead atoms. The van der Waals surface area contributed by atoms with Crippen LogP contribution in [0.15, 0.2) is 18.5 Å². The molecule has 3 heterocycles. The molecule has 1 unspecified atom stereocenters. The van der Waals surface area contributed by atoms with Gasteiger partial charge in [-0.25, -0.2) is 9.67 Å². The van der Waals surface area contributed by atoms with Crippen LogP contribution in [0.25, 0.3) is 11.0 Å². The molecule has 0 aromatic carbocycles. The molecule has 1 N–H and O–H groups in total. The summed E-state index contributed by atoms with van der Waals surface area (Å²) in [4.78, 5) is 4.54. The Bertz CT molecular complexity index is 543. The normalized spacial score (nSPS) is 19.8. The van der Waals surface area contributed by atoms with Crippen LogP contribution < -0.4 is 5.32 Å². The second-order valence-corrected chi connectivity index (χ2v) is 6.17. The zero-order valence-electron chi connectivity index (χ0n) is 10.8. The van der Waals surface area contributed by atoms with Crippen molar-refractivity contribution in [1.29, 1.82) is 0 Å². The zero-order valence-corrected chi connectivity index (χ0v) is 11.6. The number of pyridine rings is 1. The van der Waals surface area contributed by atoms with E-state index in [2.05, 4.69) is 35.3 Å². The van der Waals surface area contributed by atoms with Crippen molar-refractivity contribution in [3.63, 3.8) is 0 Å². The van der Waals surface area contributed by atoms with Gasteiger partial charge >= 0.3 is 0 Å². The minimum absolute atomic E-state index is 0.347. The summed E-state index contributed by atoms with van der Waals surface area (Å²) < 4.78 is 1.96. The van der Waals surface area contributed by atoms with E-state index >= 15 is 0 Å². The lowest BCUT2D eigenvalue weighted by Gasteiger charge is -2.12. The Morgan fingerprint density at radius 1 is 1.44 bits per heavy atom. The lowest BCUT2D eigenvalue weighted by Crippen LogP contribution is -2.18. The summed E-state index contributed by atoms with van der Waals surface area (Å²) in [5.41, 5.74) is 2.08. The predicted molar refractivity (Wildman–Crippen MR) is 77.3 cm³/mol. The largest absolute Gasteiger partial charge is 0.380 e. The lowest BCUT2D eigenvalue weighted by molar-refractivity contribution is 0.546. The van der Waals surface area contributed by atoms with Crippen LogP contribution in [-0.2, 0) is 0 Å². The van der Waals surface area contributed by atoms with Crippen molar-refractivity contribution < 1.29 is 0 Å². The number of thioether (sulfide) groups is 1. The van der Waals surface area contributed by atoms with Gasteiger partial charge in [-0.1, -0.05) is 0 Å². The standard InChI is InChI=1S/C13H18N4S/c1-9(2)17-13-10(6-15-17)5-12(7-14-13)16-11-3-4-18-8-11/h5-7,9,11,16H,3-4,8H2,1-2H3. The molecule has 5 heteroatoms. The summed E-state index contributed by atoms with van der Waals surface area (Å²) in [5.74, 6) is 2.46. The van der Waals surface area contributed by atoms with E-state index in [4.69, 9.17) is 0 Å². The molecule has 1 fully saturated rings. The fourth-order valence-electron chi connectivity index (χ4n) is 2.28.